The van der Waals surface area contributed by atoms with Crippen LogP contribution in [0.3, 0.4) is 0 Å². The molecule has 6 nitrogen and oxygen atoms in total. The predicted molar refractivity (Wildman–Crippen MR) is 127 cm³/mol. The average molecular weight is 456 g/mol. The van der Waals surface area contributed by atoms with Gasteiger partial charge in [0, 0.05) is 25.4 Å². The maximum Gasteiger partial charge on any atom is 0.258 e. The van der Waals surface area contributed by atoms with Gasteiger partial charge in [-0.25, -0.2) is 0 Å². The molecule has 0 atom stereocenters. The number of aromatic nitrogens is 1. The van der Waals surface area contributed by atoms with E-state index < -0.39 is 0 Å². The molecule has 2 heterocycles. The molecule has 0 aliphatic carbocycles. The highest BCUT2D eigenvalue weighted by Crippen LogP contribution is 2.28. The van der Waals surface area contributed by atoms with Gasteiger partial charge >= 0.3 is 0 Å². The maximum absolute atomic E-state index is 12.6. The Morgan fingerprint density at radius 3 is 2.81 bits per heavy atom. The molecule has 0 fully saturated rings. The van der Waals surface area contributed by atoms with E-state index in [1.165, 1.54) is 28.7 Å². The van der Waals surface area contributed by atoms with Crippen molar-refractivity contribution >= 4 is 50.8 Å². The maximum atomic E-state index is 12.6. The summed E-state index contributed by atoms with van der Waals surface area (Å²) in [6.07, 6.45) is 0.883. The third-order valence-corrected chi connectivity index (χ3v) is 7.07. The first-order chi connectivity index (χ1) is 15.2. The van der Waals surface area contributed by atoms with E-state index in [9.17, 15) is 9.59 Å². The van der Waals surface area contributed by atoms with E-state index in [-0.39, 0.29) is 23.3 Å². The Hall–Kier alpha value is -2.42. The summed E-state index contributed by atoms with van der Waals surface area (Å²) >= 11 is 2.82. The molecule has 0 N–H and O–H groups in total. The van der Waals surface area contributed by atoms with Gasteiger partial charge < -0.3 is 14.2 Å². The monoisotopic (exact) mass is 455 g/mol. The minimum atomic E-state index is -0.226. The fraction of sp³-hybridized carbons (Fsp3) is 0.348. The van der Waals surface area contributed by atoms with E-state index in [2.05, 4.69) is 11.1 Å². The van der Waals surface area contributed by atoms with Gasteiger partial charge in [0.05, 0.1) is 28.3 Å². The lowest BCUT2D eigenvalue weighted by atomic mass is 10.2. The van der Waals surface area contributed by atoms with Gasteiger partial charge in [0.2, 0.25) is 5.91 Å². The number of thiazole rings is 1. The van der Waals surface area contributed by atoms with Crippen LogP contribution >= 0.6 is 23.1 Å². The number of benzene rings is 2. The fourth-order valence-corrected chi connectivity index (χ4v) is 5.41. The van der Waals surface area contributed by atoms with Crippen LogP contribution in [0.5, 0.6) is 0 Å². The highest BCUT2D eigenvalue weighted by atomic mass is 32.2. The van der Waals surface area contributed by atoms with E-state index in [1.807, 2.05) is 58.9 Å². The molecule has 0 radical (unpaired) electrons. The number of ether oxygens (including phenoxy) is 1. The van der Waals surface area contributed by atoms with Crippen LogP contribution in [-0.2, 0) is 27.3 Å². The van der Waals surface area contributed by atoms with E-state index >= 15 is 0 Å². The summed E-state index contributed by atoms with van der Waals surface area (Å²) in [5.41, 5.74) is 3.24. The second kappa shape index (κ2) is 10.3. The Balaban J connectivity index is 1.40. The average Bonchev–Trinajstić information content (AvgIpc) is 3.35. The van der Waals surface area contributed by atoms with Crippen molar-refractivity contribution < 1.29 is 14.3 Å². The molecule has 1 aromatic heterocycles. The lowest BCUT2D eigenvalue weighted by Gasteiger charge is -2.16. The SMILES string of the molecule is CCOCCn1c(=NC(=O)CSCC(=O)N2CCc3ccccc32)sc2ccccc21. The van der Waals surface area contributed by atoms with E-state index in [1.54, 1.807) is 0 Å². The Kier molecular flexibility index (Phi) is 7.21. The van der Waals surface area contributed by atoms with Gasteiger partial charge in [-0.2, -0.15) is 4.99 Å². The first-order valence-electron chi connectivity index (χ1n) is 10.4. The van der Waals surface area contributed by atoms with Crippen molar-refractivity contribution in [1.29, 1.82) is 0 Å². The van der Waals surface area contributed by atoms with E-state index in [0.717, 1.165) is 22.3 Å². The first-order valence-corrected chi connectivity index (χ1v) is 12.3. The molecule has 4 rings (SSSR count). The van der Waals surface area contributed by atoms with Crippen molar-refractivity contribution in [3.63, 3.8) is 0 Å². The number of amides is 2. The fourth-order valence-electron chi connectivity index (χ4n) is 3.66. The molecule has 1 aliphatic heterocycles. The van der Waals surface area contributed by atoms with Crippen LogP contribution in [0.25, 0.3) is 10.2 Å². The lowest BCUT2D eigenvalue weighted by Crippen LogP contribution is -2.30. The van der Waals surface area contributed by atoms with Gasteiger partial charge in [-0.15, -0.1) is 11.8 Å². The van der Waals surface area contributed by atoms with Gasteiger partial charge in [-0.3, -0.25) is 9.59 Å². The summed E-state index contributed by atoms with van der Waals surface area (Å²) in [5, 5.41) is 0. The number of anilines is 1. The molecule has 2 amide bonds. The van der Waals surface area contributed by atoms with Crippen molar-refractivity contribution in [2.24, 2.45) is 4.99 Å². The Bertz CT molecular complexity index is 1150. The standard InChI is InChI=1S/C23H25N3O3S2/c1-2-29-14-13-26-19-9-5-6-10-20(19)31-23(26)24-21(27)15-30-16-22(28)25-12-11-17-7-3-4-8-18(17)25/h3-10H,2,11-16H2,1H3. The molecule has 0 saturated heterocycles. The zero-order valence-electron chi connectivity index (χ0n) is 17.5. The quantitative estimate of drug-likeness (QED) is 0.488. The summed E-state index contributed by atoms with van der Waals surface area (Å²) in [6, 6.07) is 16.0. The Morgan fingerprint density at radius 1 is 1.13 bits per heavy atom. The van der Waals surface area contributed by atoms with Crippen molar-refractivity contribution in [2.45, 2.75) is 19.9 Å². The minimum Gasteiger partial charge on any atom is -0.380 e. The van der Waals surface area contributed by atoms with Crippen LogP contribution in [0.4, 0.5) is 5.69 Å². The third kappa shape index (κ3) is 5.08. The number of para-hydroxylation sites is 2. The molecule has 31 heavy (non-hydrogen) atoms. The highest BCUT2D eigenvalue weighted by Gasteiger charge is 2.23. The summed E-state index contributed by atoms with van der Waals surface area (Å²) in [6.45, 7) is 4.53. The molecule has 0 bridgehead atoms. The van der Waals surface area contributed by atoms with Gasteiger partial charge in [-0.05, 0) is 37.1 Å². The van der Waals surface area contributed by atoms with Crippen LogP contribution in [0, 0.1) is 0 Å². The van der Waals surface area contributed by atoms with E-state index in [0.29, 0.717) is 31.1 Å². The molecule has 1 aliphatic rings. The number of nitrogens with zero attached hydrogens (tertiary/aromatic N) is 3. The Morgan fingerprint density at radius 2 is 1.94 bits per heavy atom. The zero-order valence-corrected chi connectivity index (χ0v) is 19.1. The van der Waals surface area contributed by atoms with Crippen LogP contribution in [-0.4, -0.2) is 47.6 Å². The molecule has 2 aromatic carbocycles. The number of carbonyl (C=O) groups excluding carboxylic acids is 2. The smallest absolute Gasteiger partial charge is 0.258 e. The Labute approximate surface area is 189 Å². The molecule has 0 saturated carbocycles. The summed E-state index contributed by atoms with van der Waals surface area (Å²) in [4.78, 5) is 32.0. The number of hydrogen-bond acceptors (Lipinski definition) is 5. The molecule has 162 valence electrons. The van der Waals surface area contributed by atoms with Gasteiger partial charge in [0.15, 0.2) is 4.80 Å². The summed E-state index contributed by atoms with van der Waals surface area (Å²) in [7, 11) is 0. The molecular weight excluding hydrogens is 430 g/mol. The van der Waals surface area contributed by atoms with Crippen molar-refractivity contribution in [1.82, 2.24) is 4.57 Å². The van der Waals surface area contributed by atoms with Crippen LogP contribution in [0.2, 0.25) is 0 Å². The van der Waals surface area contributed by atoms with E-state index in [4.69, 9.17) is 4.74 Å². The summed E-state index contributed by atoms with van der Waals surface area (Å²) in [5.74, 6) is 0.264. The zero-order chi connectivity index (χ0) is 21.6. The lowest BCUT2D eigenvalue weighted by molar-refractivity contribution is -0.116. The number of fused-ring (bicyclic) bond motifs is 2. The molecule has 3 aromatic rings. The van der Waals surface area contributed by atoms with Crippen LogP contribution < -0.4 is 9.70 Å². The summed E-state index contributed by atoms with van der Waals surface area (Å²) < 4.78 is 8.61. The molecular formula is C23H25N3O3S2. The van der Waals surface area contributed by atoms with Gasteiger partial charge in [-0.1, -0.05) is 41.7 Å². The number of carbonyl (C=O) groups is 2. The van der Waals surface area contributed by atoms with Crippen molar-refractivity contribution in [3.8, 4) is 0 Å². The van der Waals surface area contributed by atoms with Crippen molar-refractivity contribution in [3.05, 3.63) is 58.9 Å². The van der Waals surface area contributed by atoms with Gasteiger partial charge in [0.25, 0.3) is 5.91 Å². The first kappa shape index (κ1) is 21.8. The molecule has 0 spiro atoms. The number of rotatable bonds is 8. The van der Waals surface area contributed by atoms with Gasteiger partial charge in [0.1, 0.15) is 0 Å². The number of hydrogen-bond donors (Lipinski definition) is 0. The second-order valence-electron chi connectivity index (χ2n) is 7.12. The predicted octanol–water partition coefficient (Wildman–Crippen LogP) is 3.49. The molecule has 0 unspecified atom stereocenters. The topological polar surface area (TPSA) is 63.9 Å². The minimum absolute atomic E-state index is 0.0383. The highest BCUT2D eigenvalue weighted by molar-refractivity contribution is 8.00. The van der Waals surface area contributed by atoms with Crippen LogP contribution in [0.1, 0.15) is 12.5 Å². The van der Waals surface area contributed by atoms with Crippen LogP contribution in [0.15, 0.2) is 53.5 Å². The number of thioether (sulfide) groups is 1. The van der Waals surface area contributed by atoms with Crippen molar-refractivity contribution in [2.75, 3.05) is 36.2 Å². The third-order valence-electron chi connectivity index (χ3n) is 5.11. The normalized spacial score (nSPS) is 13.7. The molecule has 8 heteroatoms. The second-order valence-corrected chi connectivity index (χ2v) is 9.12. The largest absolute Gasteiger partial charge is 0.380 e.